The van der Waals surface area contributed by atoms with E-state index in [1.165, 1.54) is 18.8 Å². The Morgan fingerprint density at radius 1 is 1.08 bits per heavy atom. The van der Waals surface area contributed by atoms with Crippen LogP contribution in [0.3, 0.4) is 0 Å². The summed E-state index contributed by atoms with van der Waals surface area (Å²) in [7, 11) is 0. The topological polar surface area (TPSA) is 117 Å². The summed E-state index contributed by atoms with van der Waals surface area (Å²) in [6.07, 6.45) is 8.07. The van der Waals surface area contributed by atoms with Gasteiger partial charge in [-0.3, -0.25) is 0 Å². The summed E-state index contributed by atoms with van der Waals surface area (Å²) in [5, 5.41) is 8.94. The third-order valence-corrected chi connectivity index (χ3v) is 7.50. The number of rotatable bonds is 10. The fraction of sp³-hybridized carbons (Fsp3) is 0.414. The van der Waals surface area contributed by atoms with Crippen LogP contribution in [0, 0.1) is 11.7 Å². The second kappa shape index (κ2) is 11.9. The van der Waals surface area contributed by atoms with E-state index in [0.29, 0.717) is 58.1 Å². The Morgan fingerprint density at radius 3 is 2.61 bits per heavy atom. The van der Waals surface area contributed by atoms with Gasteiger partial charge in [-0.1, -0.05) is 18.2 Å². The van der Waals surface area contributed by atoms with Crippen molar-refractivity contribution in [3.8, 4) is 22.8 Å². The number of ether oxygens (including phenoxy) is 1. The van der Waals surface area contributed by atoms with Crippen LogP contribution in [0.5, 0.6) is 11.5 Å². The molecule has 0 amide bonds. The van der Waals surface area contributed by atoms with E-state index in [2.05, 4.69) is 22.2 Å². The molecule has 5 rings (SSSR count). The smallest absolute Gasteiger partial charge is 0.164 e. The van der Waals surface area contributed by atoms with Crippen LogP contribution in [0.15, 0.2) is 54.9 Å². The molecular formula is C29H36FN7O. The summed E-state index contributed by atoms with van der Waals surface area (Å²) in [6.45, 7) is 3.75. The minimum absolute atomic E-state index is 0.188. The highest BCUT2D eigenvalue weighted by Gasteiger charge is 2.28. The van der Waals surface area contributed by atoms with Gasteiger partial charge in [-0.15, -0.1) is 0 Å². The first kappa shape index (κ1) is 26.1. The van der Waals surface area contributed by atoms with Gasteiger partial charge in [-0.25, -0.2) is 19.0 Å². The average Bonchev–Trinajstić information content (AvgIpc) is 3.32. The van der Waals surface area contributed by atoms with Crippen LogP contribution in [0.4, 0.5) is 10.2 Å². The lowest BCUT2D eigenvalue weighted by Gasteiger charge is -2.29. The normalized spacial score (nSPS) is 18.5. The number of hydrogen-bond acceptors (Lipinski definition) is 7. The largest absolute Gasteiger partial charge is 0.457 e. The number of nitrogen functional groups attached to an aromatic ring is 1. The molecule has 0 aliphatic heterocycles. The van der Waals surface area contributed by atoms with Crippen molar-refractivity contribution in [1.29, 1.82) is 0 Å². The van der Waals surface area contributed by atoms with Crippen LogP contribution in [-0.2, 0) is 0 Å². The van der Waals surface area contributed by atoms with Crippen LogP contribution in [0.25, 0.3) is 22.3 Å². The number of fused-ring (bicyclic) bond motifs is 1. The van der Waals surface area contributed by atoms with Crippen molar-refractivity contribution in [3.63, 3.8) is 0 Å². The maximum absolute atomic E-state index is 15.4. The van der Waals surface area contributed by atoms with Crippen molar-refractivity contribution < 1.29 is 9.13 Å². The number of benzene rings is 2. The number of para-hydroxylation sites is 1. The third-order valence-electron chi connectivity index (χ3n) is 7.50. The molecule has 5 N–H and O–H groups in total. The van der Waals surface area contributed by atoms with Crippen LogP contribution in [0.1, 0.15) is 51.5 Å². The molecule has 0 bridgehead atoms. The molecule has 1 fully saturated rings. The van der Waals surface area contributed by atoms with Crippen molar-refractivity contribution in [2.24, 2.45) is 11.7 Å². The van der Waals surface area contributed by atoms with Gasteiger partial charge in [-0.05, 0) is 75.6 Å². The van der Waals surface area contributed by atoms with E-state index in [0.717, 1.165) is 38.6 Å². The minimum atomic E-state index is -0.436. The quantitative estimate of drug-likeness (QED) is 0.256. The molecule has 200 valence electrons. The molecular weight excluding hydrogens is 481 g/mol. The standard InChI is InChI=1S/C29H36FN7O/c1-19(33-16-15-31)7-8-20-9-11-21(12-10-20)37-29-26(28(32)34-18-35-29)27(36-37)24-14-13-23(17-25(24)30)38-22-5-3-2-4-6-22/h2-6,13-14,17-21,33H,7-12,15-16,31H2,1H3,(H2,32,34,35)/t19-,20?,21?/m1/s1. The third kappa shape index (κ3) is 5.79. The van der Waals surface area contributed by atoms with Crippen molar-refractivity contribution in [3.05, 3.63) is 60.7 Å². The summed E-state index contributed by atoms with van der Waals surface area (Å²) >= 11 is 0. The lowest BCUT2D eigenvalue weighted by Crippen LogP contribution is -2.31. The molecule has 0 unspecified atom stereocenters. The molecule has 2 heterocycles. The van der Waals surface area contributed by atoms with Crippen LogP contribution in [0.2, 0.25) is 0 Å². The highest BCUT2D eigenvalue weighted by molar-refractivity contribution is 5.98. The maximum Gasteiger partial charge on any atom is 0.164 e. The van der Waals surface area contributed by atoms with E-state index >= 15 is 4.39 Å². The van der Waals surface area contributed by atoms with Crippen LogP contribution in [-0.4, -0.2) is 38.9 Å². The second-order valence-electron chi connectivity index (χ2n) is 10.2. The van der Waals surface area contributed by atoms with Gasteiger partial charge in [0.05, 0.1) is 11.4 Å². The van der Waals surface area contributed by atoms with Crippen molar-refractivity contribution in [1.82, 2.24) is 25.1 Å². The van der Waals surface area contributed by atoms with Crippen molar-refractivity contribution in [2.45, 2.75) is 57.5 Å². The first-order valence-corrected chi connectivity index (χ1v) is 13.5. The molecule has 1 aliphatic rings. The Hall–Kier alpha value is -3.56. The predicted molar refractivity (Wildman–Crippen MR) is 148 cm³/mol. The maximum atomic E-state index is 15.4. The predicted octanol–water partition coefficient (Wildman–Crippen LogP) is 5.46. The molecule has 38 heavy (non-hydrogen) atoms. The summed E-state index contributed by atoms with van der Waals surface area (Å²) in [5.74, 6) is 1.62. The van der Waals surface area contributed by atoms with Gasteiger partial charge in [0.15, 0.2) is 5.65 Å². The SMILES string of the molecule is C[C@H](CCC1CCC(n2nc(-c3ccc(Oc4ccccc4)cc3F)c3c(N)ncnc32)CC1)NCCN. The number of nitrogens with one attached hydrogen (secondary N) is 1. The van der Waals surface area contributed by atoms with Crippen molar-refractivity contribution in [2.75, 3.05) is 18.8 Å². The van der Waals surface area contributed by atoms with Gasteiger partial charge in [-0.2, -0.15) is 5.10 Å². The van der Waals surface area contributed by atoms with Gasteiger partial charge in [0.25, 0.3) is 0 Å². The first-order chi connectivity index (χ1) is 18.5. The molecule has 0 radical (unpaired) electrons. The molecule has 1 atom stereocenters. The number of halogens is 1. The molecule has 1 aliphatic carbocycles. The Morgan fingerprint density at radius 2 is 1.87 bits per heavy atom. The Kier molecular flexibility index (Phi) is 8.14. The summed E-state index contributed by atoms with van der Waals surface area (Å²) < 4.78 is 23.1. The molecule has 1 saturated carbocycles. The number of anilines is 1. The minimum Gasteiger partial charge on any atom is -0.457 e. The van der Waals surface area contributed by atoms with E-state index in [1.807, 2.05) is 35.0 Å². The summed E-state index contributed by atoms with van der Waals surface area (Å²) in [5.41, 5.74) is 13.3. The van der Waals surface area contributed by atoms with E-state index in [-0.39, 0.29) is 6.04 Å². The number of nitrogens with two attached hydrogens (primary N) is 2. The van der Waals surface area contributed by atoms with E-state index in [9.17, 15) is 0 Å². The van der Waals surface area contributed by atoms with E-state index in [4.69, 9.17) is 21.3 Å². The molecule has 2 aromatic carbocycles. The zero-order valence-electron chi connectivity index (χ0n) is 21.8. The van der Waals surface area contributed by atoms with E-state index in [1.54, 1.807) is 12.1 Å². The average molecular weight is 518 g/mol. The number of hydrogen-bond donors (Lipinski definition) is 3. The fourth-order valence-electron chi connectivity index (χ4n) is 5.41. The first-order valence-electron chi connectivity index (χ1n) is 13.5. The monoisotopic (exact) mass is 517 g/mol. The fourth-order valence-corrected chi connectivity index (χ4v) is 5.41. The molecule has 4 aromatic rings. The molecule has 8 nitrogen and oxygen atoms in total. The Labute approximate surface area is 222 Å². The van der Waals surface area contributed by atoms with Crippen LogP contribution >= 0.6 is 0 Å². The van der Waals surface area contributed by atoms with Crippen LogP contribution < -0.4 is 21.5 Å². The van der Waals surface area contributed by atoms with E-state index < -0.39 is 5.82 Å². The molecule has 2 aromatic heterocycles. The van der Waals surface area contributed by atoms with Gasteiger partial charge < -0.3 is 21.5 Å². The van der Waals surface area contributed by atoms with Gasteiger partial charge >= 0.3 is 0 Å². The Balaban J connectivity index is 1.35. The summed E-state index contributed by atoms with van der Waals surface area (Å²) in [6, 6.07) is 14.8. The van der Waals surface area contributed by atoms with Gasteiger partial charge in [0, 0.05) is 30.8 Å². The zero-order chi connectivity index (χ0) is 26.5. The highest BCUT2D eigenvalue weighted by atomic mass is 19.1. The summed E-state index contributed by atoms with van der Waals surface area (Å²) in [4.78, 5) is 8.70. The molecule has 9 heteroatoms. The van der Waals surface area contributed by atoms with Gasteiger partial charge in [0.2, 0.25) is 0 Å². The second-order valence-corrected chi connectivity index (χ2v) is 10.2. The number of nitrogens with zero attached hydrogens (tertiary/aromatic N) is 4. The van der Waals surface area contributed by atoms with Gasteiger partial charge in [0.1, 0.15) is 35.2 Å². The lowest BCUT2D eigenvalue weighted by molar-refractivity contribution is 0.246. The lowest BCUT2D eigenvalue weighted by atomic mass is 9.83. The molecule has 0 spiro atoms. The van der Waals surface area contributed by atoms with Crippen molar-refractivity contribution >= 4 is 16.9 Å². The highest BCUT2D eigenvalue weighted by Crippen LogP contribution is 2.39. The number of aromatic nitrogens is 4. The Bertz CT molecular complexity index is 1350. The zero-order valence-corrected chi connectivity index (χ0v) is 21.8. The molecule has 0 saturated heterocycles.